The summed E-state index contributed by atoms with van der Waals surface area (Å²) >= 11 is 3.36. The quantitative estimate of drug-likeness (QED) is 0.399. The Morgan fingerprint density at radius 1 is 1.27 bits per heavy atom. The third-order valence-electron chi connectivity index (χ3n) is 3.86. The molecule has 5 nitrogen and oxygen atoms in total. The summed E-state index contributed by atoms with van der Waals surface area (Å²) in [6.07, 6.45) is -2.44. The Labute approximate surface area is 180 Å². The lowest BCUT2D eigenvalue weighted by Gasteiger charge is -2.12. The van der Waals surface area contributed by atoms with Gasteiger partial charge in [0.05, 0.1) is 19.3 Å². The van der Waals surface area contributed by atoms with E-state index in [0.717, 1.165) is 18.6 Å². The lowest BCUT2D eigenvalue weighted by atomic mass is 10.1. The molecule has 30 heavy (non-hydrogen) atoms. The molecule has 158 valence electrons. The highest BCUT2D eigenvalue weighted by Gasteiger charge is 2.30. The van der Waals surface area contributed by atoms with Crippen LogP contribution in [0.2, 0.25) is 0 Å². The molecule has 0 bridgehead atoms. The summed E-state index contributed by atoms with van der Waals surface area (Å²) in [5, 5.41) is 11.7. The van der Waals surface area contributed by atoms with E-state index in [9.17, 15) is 23.2 Å². The van der Waals surface area contributed by atoms with Gasteiger partial charge in [-0.2, -0.15) is 18.4 Å². The van der Waals surface area contributed by atoms with Crippen LogP contribution in [-0.2, 0) is 11.0 Å². The molecule has 2 aromatic carbocycles. The Bertz CT molecular complexity index is 998. The van der Waals surface area contributed by atoms with Gasteiger partial charge in [0.25, 0.3) is 5.91 Å². The molecular weight excluding hydrogens is 465 g/mol. The zero-order chi connectivity index (χ0) is 22.3. The average Bonchev–Trinajstić information content (AvgIpc) is 2.70. The summed E-state index contributed by atoms with van der Waals surface area (Å²) in [6, 6.07) is 9.17. The molecule has 0 saturated carbocycles. The molecule has 0 radical (unpaired) electrons. The molecule has 0 spiro atoms. The van der Waals surface area contributed by atoms with Gasteiger partial charge in [-0.25, -0.2) is 0 Å². The Kier molecular flexibility index (Phi) is 7.89. The second kappa shape index (κ2) is 10.2. The molecule has 1 N–H and O–H groups in total. The fraction of sp³-hybridized carbons (Fsp3) is 0.238. The molecular formula is C21H18BrF3N2O3. The number of carbonyl (C=O) groups is 1. The summed E-state index contributed by atoms with van der Waals surface area (Å²) in [4.78, 5) is 12.4. The van der Waals surface area contributed by atoms with Gasteiger partial charge < -0.3 is 14.8 Å². The van der Waals surface area contributed by atoms with Gasteiger partial charge in [0, 0.05) is 10.2 Å². The van der Waals surface area contributed by atoms with Crippen LogP contribution in [0.1, 0.15) is 24.5 Å². The number of amides is 1. The number of benzene rings is 2. The van der Waals surface area contributed by atoms with Crippen LogP contribution in [0, 0.1) is 11.3 Å². The van der Waals surface area contributed by atoms with E-state index < -0.39 is 17.6 Å². The number of nitriles is 1. The molecule has 0 saturated heterocycles. The molecule has 2 rings (SSSR count). The minimum Gasteiger partial charge on any atom is -0.493 e. The number of anilines is 1. The van der Waals surface area contributed by atoms with Crippen molar-refractivity contribution < 1.29 is 27.4 Å². The fourth-order valence-corrected chi connectivity index (χ4v) is 2.86. The van der Waals surface area contributed by atoms with Crippen molar-refractivity contribution in [3.63, 3.8) is 0 Å². The third kappa shape index (κ3) is 6.00. The van der Waals surface area contributed by atoms with Gasteiger partial charge in [-0.1, -0.05) is 28.9 Å². The first-order valence-corrected chi connectivity index (χ1v) is 9.59. The second-order valence-corrected chi connectivity index (χ2v) is 6.93. The largest absolute Gasteiger partial charge is 0.493 e. The van der Waals surface area contributed by atoms with Crippen molar-refractivity contribution in [1.82, 2.24) is 0 Å². The van der Waals surface area contributed by atoms with Crippen LogP contribution in [0.4, 0.5) is 18.9 Å². The zero-order valence-corrected chi connectivity index (χ0v) is 17.7. The summed E-state index contributed by atoms with van der Waals surface area (Å²) in [6.45, 7) is 2.45. The number of hydrogen-bond acceptors (Lipinski definition) is 4. The smallest absolute Gasteiger partial charge is 0.416 e. The first-order chi connectivity index (χ1) is 14.2. The van der Waals surface area contributed by atoms with Gasteiger partial charge >= 0.3 is 6.18 Å². The summed E-state index contributed by atoms with van der Waals surface area (Å²) in [5.41, 5.74) is -0.808. The van der Waals surface area contributed by atoms with E-state index in [1.165, 1.54) is 25.3 Å². The van der Waals surface area contributed by atoms with Crippen molar-refractivity contribution in [1.29, 1.82) is 5.26 Å². The molecule has 0 heterocycles. The number of halogens is 4. The number of carbonyl (C=O) groups excluding carboxylic acids is 1. The molecule has 1 amide bonds. The van der Waals surface area contributed by atoms with Crippen molar-refractivity contribution in [3.8, 4) is 17.6 Å². The van der Waals surface area contributed by atoms with Crippen molar-refractivity contribution in [2.24, 2.45) is 0 Å². The van der Waals surface area contributed by atoms with Crippen molar-refractivity contribution in [2.45, 2.75) is 19.5 Å². The summed E-state index contributed by atoms with van der Waals surface area (Å²) in [5.74, 6) is 0.0674. The highest BCUT2D eigenvalue weighted by Crippen LogP contribution is 2.35. The summed E-state index contributed by atoms with van der Waals surface area (Å²) in [7, 11) is 1.46. The third-order valence-corrected chi connectivity index (χ3v) is 4.54. The number of alkyl halides is 3. The van der Waals surface area contributed by atoms with Gasteiger partial charge in [0.15, 0.2) is 11.5 Å². The molecule has 9 heteroatoms. The number of hydrogen-bond donors (Lipinski definition) is 1. The Balaban J connectivity index is 2.31. The normalized spacial score (nSPS) is 11.6. The van der Waals surface area contributed by atoms with Crippen LogP contribution in [0.25, 0.3) is 6.08 Å². The van der Waals surface area contributed by atoms with Crippen LogP contribution in [0.3, 0.4) is 0 Å². The molecule has 0 aromatic heterocycles. The molecule has 0 aliphatic heterocycles. The maximum atomic E-state index is 12.8. The molecule has 0 unspecified atom stereocenters. The van der Waals surface area contributed by atoms with Crippen LogP contribution >= 0.6 is 15.9 Å². The van der Waals surface area contributed by atoms with Crippen LogP contribution in [0.15, 0.2) is 46.4 Å². The van der Waals surface area contributed by atoms with Crippen LogP contribution < -0.4 is 14.8 Å². The summed E-state index contributed by atoms with van der Waals surface area (Å²) < 4.78 is 50.0. The topological polar surface area (TPSA) is 71.3 Å². The van der Waals surface area contributed by atoms with Crippen molar-refractivity contribution >= 4 is 33.6 Å². The minimum atomic E-state index is -4.54. The molecule has 0 atom stereocenters. The van der Waals surface area contributed by atoms with Crippen molar-refractivity contribution in [3.05, 3.63) is 57.6 Å². The predicted molar refractivity (Wildman–Crippen MR) is 110 cm³/mol. The standard InChI is InChI=1S/C21H18BrF3N2O3/c1-3-7-30-19-11-17(22)13(9-18(19)29-2)8-14(12-26)20(28)27-16-6-4-5-15(10-16)21(23,24)25/h4-6,8-11H,3,7H2,1-2H3,(H,27,28). The number of methoxy groups -OCH3 is 1. The highest BCUT2D eigenvalue weighted by molar-refractivity contribution is 9.10. The molecule has 0 aliphatic carbocycles. The number of nitrogens with zero attached hydrogens (tertiary/aromatic N) is 1. The van der Waals surface area contributed by atoms with Crippen LogP contribution in [-0.4, -0.2) is 19.6 Å². The van der Waals surface area contributed by atoms with Crippen molar-refractivity contribution in [2.75, 3.05) is 19.0 Å². The lowest BCUT2D eigenvalue weighted by Crippen LogP contribution is -2.14. The maximum Gasteiger partial charge on any atom is 0.416 e. The highest BCUT2D eigenvalue weighted by atomic mass is 79.9. The van der Waals surface area contributed by atoms with Gasteiger partial charge in [-0.3, -0.25) is 4.79 Å². The van der Waals surface area contributed by atoms with E-state index >= 15 is 0 Å². The van der Waals surface area contributed by atoms with E-state index in [1.807, 2.05) is 6.92 Å². The van der Waals surface area contributed by atoms with Gasteiger partial charge in [0.2, 0.25) is 0 Å². The maximum absolute atomic E-state index is 12.8. The van der Waals surface area contributed by atoms with E-state index in [1.54, 1.807) is 18.2 Å². The monoisotopic (exact) mass is 482 g/mol. The average molecular weight is 483 g/mol. The van der Waals surface area contributed by atoms with E-state index in [0.29, 0.717) is 28.1 Å². The molecule has 0 aliphatic rings. The Hall–Kier alpha value is -2.99. The number of ether oxygens (including phenoxy) is 2. The van der Waals surface area contributed by atoms with E-state index in [4.69, 9.17) is 9.47 Å². The lowest BCUT2D eigenvalue weighted by molar-refractivity contribution is -0.137. The molecule has 0 fully saturated rings. The zero-order valence-electron chi connectivity index (χ0n) is 16.1. The van der Waals surface area contributed by atoms with Gasteiger partial charge in [-0.05, 0) is 48.4 Å². The van der Waals surface area contributed by atoms with Gasteiger partial charge in [0.1, 0.15) is 11.6 Å². The minimum absolute atomic E-state index is 0.0732. The first kappa shape index (κ1) is 23.3. The Morgan fingerprint density at radius 3 is 2.60 bits per heavy atom. The predicted octanol–water partition coefficient (Wildman–Crippen LogP) is 5.81. The van der Waals surface area contributed by atoms with E-state index in [-0.39, 0.29) is 11.3 Å². The van der Waals surface area contributed by atoms with Crippen LogP contribution in [0.5, 0.6) is 11.5 Å². The van der Waals surface area contributed by atoms with E-state index in [2.05, 4.69) is 21.2 Å². The second-order valence-electron chi connectivity index (χ2n) is 6.08. The fourth-order valence-electron chi connectivity index (χ4n) is 2.42. The molecule has 2 aromatic rings. The number of rotatable bonds is 7. The SMILES string of the molecule is CCCOc1cc(Br)c(C=C(C#N)C(=O)Nc2cccc(C(F)(F)F)c2)cc1OC. The number of nitrogens with one attached hydrogen (secondary N) is 1. The Morgan fingerprint density at radius 2 is 2.00 bits per heavy atom. The van der Waals surface area contributed by atoms with Gasteiger partial charge in [-0.15, -0.1) is 0 Å². The first-order valence-electron chi connectivity index (χ1n) is 8.80.